The molecule has 3 heterocycles. The maximum absolute atomic E-state index is 1.58. The van der Waals surface area contributed by atoms with Crippen molar-refractivity contribution in [1.82, 2.24) is 0 Å². The molecule has 0 spiro atoms. The summed E-state index contributed by atoms with van der Waals surface area (Å²) in [5.41, 5.74) is 0. The van der Waals surface area contributed by atoms with Crippen molar-refractivity contribution in [3.63, 3.8) is 0 Å². The minimum absolute atomic E-state index is 0. The van der Waals surface area contributed by atoms with Crippen molar-refractivity contribution in [1.29, 1.82) is 0 Å². The molecule has 0 nitrogen and oxygen atoms in total. The summed E-state index contributed by atoms with van der Waals surface area (Å²) in [5.74, 6) is 3.49. The van der Waals surface area contributed by atoms with Gasteiger partial charge < -0.3 is 0 Å². The Bertz CT molecular complexity index is 149. The van der Waals surface area contributed by atoms with Crippen molar-refractivity contribution in [3.8, 4) is 0 Å². The van der Waals surface area contributed by atoms with E-state index in [2.05, 4.69) is 0 Å². The van der Waals surface area contributed by atoms with E-state index >= 15 is 0 Å². The Hall–Kier alpha value is 0.662. The molecule has 0 unspecified atom stereocenters. The summed E-state index contributed by atoms with van der Waals surface area (Å²) in [5, 5.41) is 0. The van der Waals surface area contributed by atoms with E-state index in [0.717, 1.165) is 17.5 Å². The van der Waals surface area contributed by atoms with Crippen LogP contribution in [0.4, 0.5) is 0 Å². The van der Waals surface area contributed by atoms with Crippen LogP contribution in [0.15, 0.2) is 0 Å². The topological polar surface area (TPSA) is 0 Å². The predicted octanol–water partition coefficient (Wildman–Crippen LogP) is 3.76. The van der Waals surface area contributed by atoms with Gasteiger partial charge in [-0.05, 0) is 0 Å². The Morgan fingerprint density at radius 1 is 0.571 bits per heavy atom. The van der Waals surface area contributed by atoms with Crippen LogP contribution < -0.4 is 0 Å². The molecule has 3 rings (SSSR count). The van der Waals surface area contributed by atoms with E-state index in [1.54, 1.807) is 57.8 Å². The summed E-state index contributed by atoms with van der Waals surface area (Å²) >= 11 is 0. The monoisotopic (exact) mass is 183 g/mol. The quantitative estimate of drug-likeness (QED) is 0.501. The molecule has 0 amide bonds. The van der Waals surface area contributed by atoms with Crippen molar-refractivity contribution in [2.24, 2.45) is 0 Å². The molecule has 3 aliphatic rings. The molecule has 0 N–H and O–H groups in total. The first-order valence-electron chi connectivity index (χ1n) is 6.45. The molecule has 3 aliphatic heterocycles. The smallest absolute Gasteiger partial charge is 0.0617 e. The molecule has 73 valence electrons. The van der Waals surface area contributed by atoms with E-state index in [4.69, 9.17) is 0 Å². The standard InChI is InChI=1S/C12H21B.Li/c1-4-10-6-2-8-12-9-3-7-11(5-1)13(10)12;/h10-12H,1-9H2;. The third kappa shape index (κ3) is 1.83. The van der Waals surface area contributed by atoms with Crippen molar-refractivity contribution < 1.29 is 0 Å². The number of hydrogen-bond acceptors (Lipinski definition) is 0. The van der Waals surface area contributed by atoms with Gasteiger partial charge in [-0.1, -0.05) is 75.2 Å². The van der Waals surface area contributed by atoms with E-state index in [9.17, 15) is 0 Å². The zero-order valence-corrected chi connectivity index (χ0v) is 9.67. The van der Waals surface area contributed by atoms with Crippen molar-refractivity contribution in [2.45, 2.75) is 75.2 Å². The molecular weight excluding hydrogens is 162 g/mol. The predicted molar refractivity (Wildman–Crippen MR) is 64.3 cm³/mol. The summed E-state index contributed by atoms with van der Waals surface area (Å²) in [4.78, 5) is 0. The van der Waals surface area contributed by atoms with E-state index in [-0.39, 0.29) is 18.9 Å². The minimum Gasteiger partial charge on any atom is -0.0617 e. The average molecular weight is 183 g/mol. The summed E-state index contributed by atoms with van der Waals surface area (Å²) in [6.07, 6.45) is 14.1. The second-order valence-electron chi connectivity index (χ2n) is 5.65. The van der Waals surface area contributed by atoms with Gasteiger partial charge in [-0.15, -0.1) is 0 Å². The fraction of sp³-hybridized carbons (Fsp3) is 1.00. The molecule has 0 aliphatic carbocycles. The van der Waals surface area contributed by atoms with Crippen LogP contribution in [0.25, 0.3) is 0 Å². The van der Waals surface area contributed by atoms with Crippen LogP contribution in [-0.2, 0) is 0 Å². The third-order valence-corrected chi connectivity index (χ3v) is 5.08. The fourth-order valence-corrected chi connectivity index (χ4v) is 4.67. The summed E-state index contributed by atoms with van der Waals surface area (Å²) in [7, 11) is 0. The van der Waals surface area contributed by atoms with Crippen LogP contribution in [-0.4, -0.2) is 25.6 Å². The SMILES string of the molecule is C1CC2CCCC3CCCC(C1)B23.[Li]. The maximum Gasteiger partial charge on any atom is 0.149 e. The normalized spacial score (nSPS) is 41.1. The molecule has 14 heavy (non-hydrogen) atoms. The molecule has 2 heteroatoms. The van der Waals surface area contributed by atoms with Crippen LogP contribution >= 0.6 is 0 Å². The molecule has 1 radical (unpaired) electrons. The van der Waals surface area contributed by atoms with E-state index in [1.165, 1.54) is 6.71 Å². The number of rotatable bonds is 0. The Morgan fingerprint density at radius 3 is 1.14 bits per heavy atom. The summed E-state index contributed by atoms with van der Waals surface area (Å²) < 4.78 is 0. The second-order valence-corrected chi connectivity index (χ2v) is 5.65. The summed E-state index contributed by atoms with van der Waals surface area (Å²) in [6.45, 7) is 1.19. The van der Waals surface area contributed by atoms with Gasteiger partial charge in [0.1, 0.15) is 6.71 Å². The fourth-order valence-electron chi connectivity index (χ4n) is 4.67. The van der Waals surface area contributed by atoms with Crippen molar-refractivity contribution in [2.75, 3.05) is 0 Å². The van der Waals surface area contributed by atoms with E-state index in [0.29, 0.717) is 0 Å². The van der Waals surface area contributed by atoms with Gasteiger partial charge in [0.25, 0.3) is 0 Å². The first-order chi connectivity index (χ1) is 6.45. The van der Waals surface area contributed by atoms with Gasteiger partial charge in [-0.3, -0.25) is 0 Å². The van der Waals surface area contributed by atoms with Gasteiger partial charge in [0.2, 0.25) is 0 Å². The second kappa shape index (κ2) is 4.67. The van der Waals surface area contributed by atoms with Crippen molar-refractivity contribution in [3.05, 3.63) is 0 Å². The molecule has 0 aromatic heterocycles. The maximum atomic E-state index is 1.58. The average Bonchev–Trinajstić information content (AvgIpc) is 2.19. The van der Waals surface area contributed by atoms with Crippen molar-refractivity contribution >= 4 is 25.6 Å². The molecule has 0 aromatic carbocycles. The summed E-state index contributed by atoms with van der Waals surface area (Å²) in [6, 6.07) is 0. The van der Waals surface area contributed by atoms with Crippen LogP contribution in [0, 0.1) is 0 Å². The van der Waals surface area contributed by atoms with E-state index < -0.39 is 0 Å². The molecular formula is C12H21BLi. The minimum atomic E-state index is 0. The molecule has 0 saturated carbocycles. The van der Waals surface area contributed by atoms with Gasteiger partial charge in [0.15, 0.2) is 0 Å². The molecule has 0 bridgehead atoms. The van der Waals surface area contributed by atoms with Crippen LogP contribution in [0.5, 0.6) is 0 Å². The third-order valence-electron chi connectivity index (χ3n) is 5.08. The molecule has 0 atom stereocenters. The van der Waals surface area contributed by atoms with Crippen LogP contribution in [0.3, 0.4) is 0 Å². The Kier molecular flexibility index (Phi) is 3.72. The zero-order valence-electron chi connectivity index (χ0n) is 9.67. The largest absolute Gasteiger partial charge is 0.149 e. The Morgan fingerprint density at radius 2 is 0.857 bits per heavy atom. The van der Waals surface area contributed by atoms with Crippen LogP contribution in [0.2, 0.25) is 17.5 Å². The van der Waals surface area contributed by atoms with Gasteiger partial charge >= 0.3 is 0 Å². The molecule has 0 aromatic rings. The van der Waals surface area contributed by atoms with E-state index in [1.807, 2.05) is 0 Å². The zero-order chi connectivity index (χ0) is 8.67. The van der Waals surface area contributed by atoms with Gasteiger partial charge in [-0.25, -0.2) is 0 Å². The number of hydrogen-bond donors (Lipinski definition) is 0. The molecule has 3 fully saturated rings. The van der Waals surface area contributed by atoms with Gasteiger partial charge in [0, 0.05) is 18.9 Å². The van der Waals surface area contributed by atoms with Gasteiger partial charge in [0.05, 0.1) is 0 Å². The van der Waals surface area contributed by atoms with Crippen LogP contribution in [0.1, 0.15) is 57.8 Å². The molecule has 3 saturated heterocycles. The van der Waals surface area contributed by atoms with Gasteiger partial charge in [-0.2, -0.15) is 0 Å². The Labute approximate surface area is 101 Å². The first-order valence-corrected chi connectivity index (χ1v) is 6.45. The first kappa shape index (κ1) is 11.2. The Balaban J connectivity index is 0.000000750.